The summed E-state index contributed by atoms with van der Waals surface area (Å²) in [6, 6.07) is 3.79. The number of nitrogens with zero attached hydrogens (tertiary/aromatic N) is 1. The number of carbonyl (C=O) groups excluding carboxylic acids is 1. The Morgan fingerprint density at radius 1 is 1.58 bits per heavy atom. The molecule has 1 N–H and O–H groups in total. The van der Waals surface area contributed by atoms with Gasteiger partial charge in [0.05, 0.1) is 27.7 Å². The average molecular weight is 285 g/mol. The molecule has 7 heteroatoms. The summed E-state index contributed by atoms with van der Waals surface area (Å²) in [6.45, 7) is 2.87. The maximum Gasteiger partial charge on any atom is 0.270 e. The third kappa shape index (κ3) is 3.02. The molecule has 1 unspecified atom stereocenters. The van der Waals surface area contributed by atoms with Crippen molar-refractivity contribution in [1.82, 2.24) is 5.32 Å². The van der Waals surface area contributed by atoms with Crippen LogP contribution in [0.2, 0.25) is 5.02 Å². The number of amides is 1. The number of hydrogen-bond acceptors (Lipinski definition) is 4. The minimum Gasteiger partial charge on any atom is -0.379 e. The fraction of sp³-hybridized carbons (Fsp3) is 0.417. The fourth-order valence-electron chi connectivity index (χ4n) is 1.91. The Kier molecular flexibility index (Phi) is 3.73. The van der Waals surface area contributed by atoms with E-state index in [9.17, 15) is 14.9 Å². The highest BCUT2D eigenvalue weighted by Gasteiger charge is 2.32. The lowest BCUT2D eigenvalue weighted by molar-refractivity contribution is -0.384. The van der Waals surface area contributed by atoms with E-state index >= 15 is 0 Å². The zero-order valence-corrected chi connectivity index (χ0v) is 11.1. The molecular weight excluding hydrogens is 272 g/mol. The maximum atomic E-state index is 12.1. The van der Waals surface area contributed by atoms with Crippen molar-refractivity contribution in [3.63, 3.8) is 0 Å². The van der Waals surface area contributed by atoms with Gasteiger partial charge < -0.3 is 10.1 Å². The van der Waals surface area contributed by atoms with Crippen LogP contribution in [-0.2, 0) is 4.74 Å². The number of rotatable bonds is 3. The van der Waals surface area contributed by atoms with Crippen LogP contribution in [0.1, 0.15) is 23.7 Å². The lowest BCUT2D eigenvalue weighted by Gasteiger charge is -2.23. The molecule has 1 fully saturated rings. The smallest absolute Gasteiger partial charge is 0.270 e. The zero-order chi connectivity index (χ0) is 14.0. The molecule has 0 saturated carbocycles. The second-order valence-electron chi connectivity index (χ2n) is 4.74. The van der Waals surface area contributed by atoms with Gasteiger partial charge in [-0.15, -0.1) is 0 Å². The van der Waals surface area contributed by atoms with Gasteiger partial charge in [0.1, 0.15) is 0 Å². The first-order chi connectivity index (χ1) is 8.91. The molecule has 6 nitrogen and oxygen atoms in total. The highest BCUT2D eigenvalue weighted by atomic mass is 35.5. The van der Waals surface area contributed by atoms with Crippen molar-refractivity contribution in [2.75, 3.05) is 13.2 Å². The Morgan fingerprint density at radius 3 is 2.89 bits per heavy atom. The number of benzene rings is 1. The van der Waals surface area contributed by atoms with Crippen LogP contribution in [0.25, 0.3) is 0 Å². The van der Waals surface area contributed by atoms with Gasteiger partial charge in [0.2, 0.25) is 0 Å². The largest absolute Gasteiger partial charge is 0.379 e. The molecule has 1 heterocycles. The minimum absolute atomic E-state index is 0.101. The fourth-order valence-corrected chi connectivity index (χ4v) is 2.11. The van der Waals surface area contributed by atoms with Crippen molar-refractivity contribution in [2.45, 2.75) is 18.9 Å². The molecule has 2 rings (SSSR count). The van der Waals surface area contributed by atoms with Gasteiger partial charge in [0.25, 0.3) is 11.6 Å². The predicted octanol–water partition coefficient (Wildman–Crippen LogP) is 2.16. The van der Waals surface area contributed by atoms with E-state index in [1.807, 2.05) is 6.92 Å². The molecule has 1 aliphatic rings. The molecule has 102 valence electrons. The van der Waals surface area contributed by atoms with Crippen LogP contribution >= 0.6 is 11.6 Å². The van der Waals surface area contributed by atoms with Crippen LogP contribution in [0, 0.1) is 10.1 Å². The van der Waals surface area contributed by atoms with E-state index in [0.29, 0.717) is 19.6 Å². The molecule has 0 spiro atoms. The molecule has 1 atom stereocenters. The Labute approximate surface area is 114 Å². The van der Waals surface area contributed by atoms with Crippen molar-refractivity contribution < 1.29 is 14.5 Å². The van der Waals surface area contributed by atoms with Crippen molar-refractivity contribution in [3.8, 4) is 0 Å². The molecule has 1 saturated heterocycles. The van der Waals surface area contributed by atoms with Crippen LogP contribution in [0.3, 0.4) is 0 Å². The summed E-state index contributed by atoms with van der Waals surface area (Å²) in [6.07, 6.45) is 0.700. The van der Waals surface area contributed by atoms with Gasteiger partial charge in [-0.2, -0.15) is 0 Å². The molecule has 0 radical (unpaired) electrons. The van der Waals surface area contributed by atoms with E-state index in [-0.39, 0.29) is 16.3 Å². The number of halogens is 1. The minimum atomic E-state index is -0.562. The molecule has 19 heavy (non-hydrogen) atoms. The van der Waals surface area contributed by atoms with E-state index in [2.05, 4.69) is 5.32 Å². The first-order valence-electron chi connectivity index (χ1n) is 5.75. The average Bonchev–Trinajstić information content (AvgIpc) is 2.75. The van der Waals surface area contributed by atoms with Crippen molar-refractivity contribution in [2.24, 2.45) is 0 Å². The van der Waals surface area contributed by atoms with Gasteiger partial charge in [0.15, 0.2) is 0 Å². The van der Waals surface area contributed by atoms with Crippen molar-refractivity contribution in [3.05, 3.63) is 38.9 Å². The van der Waals surface area contributed by atoms with Crippen LogP contribution in [-0.4, -0.2) is 29.6 Å². The quantitative estimate of drug-likeness (QED) is 0.681. The number of nitro groups is 1. The number of nitro benzene ring substituents is 1. The number of nitrogens with one attached hydrogen (secondary N) is 1. The van der Waals surface area contributed by atoms with Crippen molar-refractivity contribution in [1.29, 1.82) is 0 Å². The van der Waals surface area contributed by atoms with Crippen LogP contribution in [0.5, 0.6) is 0 Å². The van der Waals surface area contributed by atoms with Gasteiger partial charge in [-0.05, 0) is 19.4 Å². The molecule has 1 amide bonds. The van der Waals surface area contributed by atoms with Gasteiger partial charge in [-0.3, -0.25) is 14.9 Å². The molecule has 1 aromatic rings. The lowest BCUT2D eigenvalue weighted by Crippen LogP contribution is -2.46. The summed E-state index contributed by atoms with van der Waals surface area (Å²) in [7, 11) is 0. The van der Waals surface area contributed by atoms with Crippen LogP contribution in [0.15, 0.2) is 18.2 Å². The topological polar surface area (TPSA) is 81.5 Å². The van der Waals surface area contributed by atoms with E-state index in [1.54, 1.807) is 0 Å². The normalized spacial score (nSPS) is 22.2. The first-order valence-corrected chi connectivity index (χ1v) is 6.13. The van der Waals surface area contributed by atoms with E-state index in [1.165, 1.54) is 18.2 Å². The highest BCUT2D eigenvalue weighted by Crippen LogP contribution is 2.24. The number of non-ortho nitro benzene ring substituents is 1. The molecule has 0 aliphatic carbocycles. The van der Waals surface area contributed by atoms with Gasteiger partial charge in [-0.25, -0.2) is 0 Å². The molecule has 0 aromatic heterocycles. The van der Waals surface area contributed by atoms with Gasteiger partial charge in [0, 0.05) is 18.7 Å². The monoisotopic (exact) mass is 284 g/mol. The second kappa shape index (κ2) is 5.14. The molecular formula is C12H13ClN2O4. The Morgan fingerprint density at radius 2 is 2.32 bits per heavy atom. The SMILES string of the molecule is CC1(NC(=O)c2cc([N+](=O)[O-])ccc2Cl)CCOC1. The standard InChI is InChI=1S/C12H13ClN2O4/c1-12(4-5-19-7-12)14-11(16)9-6-8(15(17)18)2-3-10(9)13/h2-3,6H,4-5,7H2,1H3,(H,14,16). The summed E-state index contributed by atoms with van der Waals surface area (Å²) in [4.78, 5) is 22.3. The van der Waals surface area contributed by atoms with Crippen LogP contribution in [0.4, 0.5) is 5.69 Å². The summed E-state index contributed by atoms with van der Waals surface area (Å²) in [5.74, 6) is -0.429. The third-order valence-electron chi connectivity index (χ3n) is 3.04. The summed E-state index contributed by atoms with van der Waals surface area (Å²) in [5.41, 5.74) is -0.517. The maximum absolute atomic E-state index is 12.1. The predicted molar refractivity (Wildman–Crippen MR) is 69.4 cm³/mol. The van der Waals surface area contributed by atoms with Gasteiger partial charge in [-0.1, -0.05) is 11.6 Å². The summed E-state index contributed by atoms with van der Waals surface area (Å²) >= 11 is 5.91. The Balaban J connectivity index is 2.23. The Hall–Kier alpha value is -1.66. The van der Waals surface area contributed by atoms with Crippen molar-refractivity contribution >= 4 is 23.2 Å². The number of carbonyl (C=O) groups is 1. The summed E-state index contributed by atoms with van der Waals surface area (Å²) < 4.78 is 5.23. The number of hydrogen-bond donors (Lipinski definition) is 1. The zero-order valence-electron chi connectivity index (χ0n) is 10.3. The summed E-state index contributed by atoms with van der Waals surface area (Å²) in [5, 5.41) is 13.7. The first kappa shape index (κ1) is 13.8. The Bertz CT molecular complexity index is 526. The van der Waals surface area contributed by atoms with Gasteiger partial charge >= 0.3 is 0 Å². The highest BCUT2D eigenvalue weighted by molar-refractivity contribution is 6.34. The third-order valence-corrected chi connectivity index (χ3v) is 3.37. The van der Waals surface area contributed by atoms with E-state index in [0.717, 1.165) is 0 Å². The molecule has 0 bridgehead atoms. The van der Waals surface area contributed by atoms with Crippen LogP contribution < -0.4 is 5.32 Å². The lowest BCUT2D eigenvalue weighted by atomic mass is 10.0. The second-order valence-corrected chi connectivity index (χ2v) is 5.15. The number of ether oxygens (including phenoxy) is 1. The molecule has 1 aliphatic heterocycles. The molecule has 1 aromatic carbocycles. The van der Waals surface area contributed by atoms with E-state index < -0.39 is 16.4 Å². The van der Waals surface area contributed by atoms with E-state index in [4.69, 9.17) is 16.3 Å².